The molecule has 0 aromatic heterocycles. The van der Waals surface area contributed by atoms with Crippen LogP contribution < -0.4 is 5.32 Å². The number of hydrogen-bond donors (Lipinski definition) is 1. The second kappa shape index (κ2) is 7.71. The van der Waals surface area contributed by atoms with Crippen LogP contribution in [-0.2, 0) is 4.74 Å². The molecule has 0 radical (unpaired) electrons. The average Bonchev–Trinajstić information content (AvgIpc) is 2.82. The van der Waals surface area contributed by atoms with Crippen LogP contribution in [0.5, 0.6) is 0 Å². The minimum atomic E-state index is -0.711. The molecule has 1 aromatic carbocycles. The van der Waals surface area contributed by atoms with Crippen molar-refractivity contribution in [2.24, 2.45) is 0 Å². The zero-order chi connectivity index (χ0) is 16.8. The summed E-state index contributed by atoms with van der Waals surface area (Å²) in [6.07, 6.45) is 6.26. The SMILES string of the molecule is COC(=O)c1cc(C(=O)NC2CCCCCC2)cc([N+](=O)[O-])c1. The predicted molar refractivity (Wildman–Crippen MR) is 83.4 cm³/mol. The van der Waals surface area contributed by atoms with Gasteiger partial charge in [-0.1, -0.05) is 25.7 Å². The van der Waals surface area contributed by atoms with Crippen LogP contribution in [0.25, 0.3) is 0 Å². The quantitative estimate of drug-likeness (QED) is 0.398. The van der Waals surface area contributed by atoms with Gasteiger partial charge in [-0.25, -0.2) is 4.79 Å². The number of ether oxygens (including phenoxy) is 1. The first-order valence-corrected chi connectivity index (χ1v) is 7.70. The van der Waals surface area contributed by atoms with E-state index in [1.54, 1.807) is 0 Å². The van der Waals surface area contributed by atoms with Gasteiger partial charge in [-0.05, 0) is 18.9 Å². The molecule has 23 heavy (non-hydrogen) atoms. The number of hydrogen-bond acceptors (Lipinski definition) is 5. The number of benzene rings is 1. The molecule has 1 fully saturated rings. The summed E-state index contributed by atoms with van der Waals surface area (Å²) in [4.78, 5) is 34.4. The van der Waals surface area contributed by atoms with Crippen LogP contribution in [0.2, 0.25) is 0 Å². The molecule has 0 aliphatic heterocycles. The normalized spacial score (nSPS) is 15.5. The summed E-state index contributed by atoms with van der Waals surface area (Å²) in [5.74, 6) is -1.11. The van der Waals surface area contributed by atoms with Gasteiger partial charge in [-0.2, -0.15) is 0 Å². The molecule has 1 N–H and O–H groups in total. The molecule has 1 aromatic rings. The lowest BCUT2D eigenvalue weighted by Crippen LogP contribution is -2.34. The van der Waals surface area contributed by atoms with E-state index < -0.39 is 16.8 Å². The highest BCUT2D eigenvalue weighted by molar-refractivity contribution is 5.99. The van der Waals surface area contributed by atoms with Gasteiger partial charge in [0.25, 0.3) is 11.6 Å². The molecule has 1 aliphatic carbocycles. The minimum Gasteiger partial charge on any atom is -0.465 e. The van der Waals surface area contributed by atoms with Crippen LogP contribution >= 0.6 is 0 Å². The fourth-order valence-corrected chi connectivity index (χ4v) is 2.78. The lowest BCUT2D eigenvalue weighted by molar-refractivity contribution is -0.384. The minimum absolute atomic E-state index is 0.00674. The molecule has 124 valence electrons. The van der Waals surface area contributed by atoms with Crippen molar-refractivity contribution in [3.8, 4) is 0 Å². The molecular weight excluding hydrogens is 300 g/mol. The molecule has 0 bridgehead atoms. The first kappa shape index (κ1) is 16.9. The zero-order valence-electron chi connectivity index (χ0n) is 13.0. The maximum atomic E-state index is 12.4. The van der Waals surface area contributed by atoms with E-state index in [4.69, 9.17) is 0 Å². The van der Waals surface area contributed by atoms with Gasteiger partial charge >= 0.3 is 5.97 Å². The number of rotatable bonds is 4. The van der Waals surface area contributed by atoms with Gasteiger partial charge in [0, 0.05) is 23.7 Å². The van der Waals surface area contributed by atoms with Crippen LogP contribution in [0.4, 0.5) is 5.69 Å². The molecule has 1 amide bonds. The molecule has 0 spiro atoms. The highest BCUT2D eigenvalue weighted by atomic mass is 16.6. The van der Waals surface area contributed by atoms with Gasteiger partial charge < -0.3 is 10.1 Å². The summed E-state index contributed by atoms with van der Waals surface area (Å²) >= 11 is 0. The summed E-state index contributed by atoms with van der Waals surface area (Å²) in [6.45, 7) is 0. The van der Waals surface area contributed by atoms with E-state index in [2.05, 4.69) is 10.1 Å². The summed E-state index contributed by atoms with van der Waals surface area (Å²) < 4.78 is 4.58. The Morgan fingerprint density at radius 3 is 2.30 bits per heavy atom. The van der Waals surface area contributed by atoms with Crippen LogP contribution in [0.15, 0.2) is 18.2 Å². The van der Waals surface area contributed by atoms with E-state index >= 15 is 0 Å². The fourth-order valence-electron chi connectivity index (χ4n) is 2.78. The summed E-state index contributed by atoms with van der Waals surface area (Å²) in [7, 11) is 1.19. The van der Waals surface area contributed by atoms with Crippen molar-refractivity contribution in [2.45, 2.75) is 44.6 Å². The van der Waals surface area contributed by atoms with E-state index in [1.807, 2.05) is 0 Å². The van der Waals surface area contributed by atoms with Gasteiger partial charge in [-0.15, -0.1) is 0 Å². The third-order valence-electron chi connectivity index (χ3n) is 4.00. The largest absolute Gasteiger partial charge is 0.465 e. The monoisotopic (exact) mass is 320 g/mol. The second-order valence-electron chi connectivity index (χ2n) is 5.68. The molecule has 0 unspecified atom stereocenters. The standard InChI is InChI=1S/C16H20N2O5/c1-23-16(20)12-8-11(9-14(10-12)18(21)22)15(19)17-13-6-4-2-3-5-7-13/h8-10,13H,2-7H2,1H3,(H,17,19). The number of non-ortho nitro benzene ring substituents is 1. The number of esters is 1. The number of methoxy groups -OCH3 is 1. The highest BCUT2D eigenvalue weighted by Gasteiger charge is 2.20. The van der Waals surface area contributed by atoms with Crippen molar-refractivity contribution < 1.29 is 19.2 Å². The summed E-state index contributed by atoms with van der Waals surface area (Å²) in [5.41, 5.74) is -0.213. The Morgan fingerprint density at radius 1 is 1.13 bits per heavy atom. The van der Waals surface area contributed by atoms with Crippen molar-refractivity contribution in [1.29, 1.82) is 0 Å². The maximum absolute atomic E-state index is 12.4. The topological polar surface area (TPSA) is 98.5 Å². The molecule has 0 saturated heterocycles. The molecular formula is C16H20N2O5. The third-order valence-corrected chi connectivity index (χ3v) is 4.00. The van der Waals surface area contributed by atoms with Crippen molar-refractivity contribution in [3.05, 3.63) is 39.4 Å². The van der Waals surface area contributed by atoms with Crippen molar-refractivity contribution >= 4 is 17.6 Å². The molecule has 7 nitrogen and oxygen atoms in total. The molecule has 2 rings (SSSR count). The van der Waals surface area contributed by atoms with Crippen LogP contribution in [0.3, 0.4) is 0 Å². The van der Waals surface area contributed by atoms with Gasteiger partial charge in [0.05, 0.1) is 17.6 Å². The van der Waals surface area contributed by atoms with Gasteiger partial charge in [0.1, 0.15) is 0 Å². The van der Waals surface area contributed by atoms with E-state index in [1.165, 1.54) is 19.2 Å². The Hall–Kier alpha value is -2.44. The van der Waals surface area contributed by atoms with Crippen molar-refractivity contribution in [1.82, 2.24) is 5.32 Å². The first-order chi connectivity index (χ1) is 11.0. The number of nitro benzene ring substituents is 1. The molecule has 1 saturated carbocycles. The Labute approximate surface area is 134 Å². The number of carbonyl (C=O) groups excluding carboxylic acids is 2. The smallest absolute Gasteiger partial charge is 0.338 e. The number of amides is 1. The summed E-state index contributed by atoms with van der Waals surface area (Å²) in [6, 6.07) is 3.68. The number of nitro groups is 1. The average molecular weight is 320 g/mol. The summed E-state index contributed by atoms with van der Waals surface area (Å²) in [5, 5.41) is 13.9. The molecule has 0 atom stereocenters. The van der Waals surface area contributed by atoms with Gasteiger partial charge in [-0.3, -0.25) is 14.9 Å². The number of nitrogens with one attached hydrogen (secondary N) is 1. The highest BCUT2D eigenvalue weighted by Crippen LogP contribution is 2.20. The number of carbonyl (C=O) groups is 2. The van der Waals surface area contributed by atoms with Crippen LogP contribution in [0.1, 0.15) is 59.2 Å². The Kier molecular flexibility index (Phi) is 5.67. The molecule has 7 heteroatoms. The molecule has 1 aliphatic rings. The fraction of sp³-hybridized carbons (Fsp3) is 0.500. The maximum Gasteiger partial charge on any atom is 0.338 e. The van der Waals surface area contributed by atoms with E-state index in [-0.39, 0.29) is 22.9 Å². The zero-order valence-corrected chi connectivity index (χ0v) is 13.0. The third kappa shape index (κ3) is 4.51. The Morgan fingerprint density at radius 2 is 1.74 bits per heavy atom. The Balaban J connectivity index is 2.22. The van der Waals surface area contributed by atoms with Crippen LogP contribution in [0, 0.1) is 10.1 Å². The first-order valence-electron chi connectivity index (χ1n) is 7.70. The van der Waals surface area contributed by atoms with E-state index in [0.717, 1.165) is 44.6 Å². The second-order valence-corrected chi connectivity index (χ2v) is 5.68. The lowest BCUT2D eigenvalue weighted by Gasteiger charge is -2.16. The van der Waals surface area contributed by atoms with Gasteiger partial charge in [0.2, 0.25) is 0 Å². The van der Waals surface area contributed by atoms with Gasteiger partial charge in [0.15, 0.2) is 0 Å². The van der Waals surface area contributed by atoms with Crippen molar-refractivity contribution in [2.75, 3.05) is 7.11 Å². The van der Waals surface area contributed by atoms with E-state index in [9.17, 15) is 19.7 Å². The lowest BCUT2D eigenvalue weighted by atomic mass is 10.1. The van der Waals surface area contributed by atoms with Crippen LogP contribution in [-0.4, -0.2) is 30.0 Å². The predicted octanol–water partition coefficient (Wildman–Crippen LogP) is 2.83. The van der Waals surface area contributed by atoms with Crippen molar-refractivity contribution in [3.63, 3.8) is 0 Å². The molecule has 0 heterocycles. The van der Waals surface area contributed by atoms with E-state index in [0.29, 0.717) is 0 Å². The number of nitrogens with zero attached hydrogens (tertiary/aromatic N) is 1. The Bertz CT molecular complexity index is 606.